The van der Waals surface area contributed by atoms with Crippen LogP contribution in [0.15, 0.2) is 36.7 Å². The fourth-order valence-electron chi connectivity index (χ4n) is 3.60. The molecule has 0 spiro atoms. The topological polar surface area (TPSA) is 109 Å². The Bertz CT molecular complexity index is 1160. The highest BCUT2D eigenvalue weighted by molar-refractivity contribution is 6.31. The van der Waals surface area contributed by atoms with Crippen molar-refractivity contribution in [2.24, 2.45) is 0 Å². The average molecular weight is 490 g/mol. The third-order valence-corrected chi connectivity index (χ3v) is 5.61. The molecule has 0 saturated carbocycles. The molecule has 1 saturated heterocycles. The van der Waals surface area contributed by atoms with Crippen LogP contribution in [0.25, 0.3) is 10.9 Å². The number of carbonyl (C=O) groups excluding carboxylic acids is 1. The number of hydrogen-bond acceptors (Lipinski definition) is 8. The van der Waals surface area contributed by atoms with E-state index in [2.05, 4.69) is 25.5 Å². The SMILES string of the molecule is O=C(CO)Nc1cc2c(Nc3ccc(F)c(Cl)c3)ncnc2cc1OCCCN1CCOCC1. The van der Waals surface area contributed by atoms with Gasteiger partial charge in [-0.1, -0.05) is 11.6 Å². The molecule has 0 atom stereocenters. The van der Waals surface area contributed by atoms with Gasteiger partial charge in [0, 0.05) is 36.8 Å². The molecule has 1 aliphatic heterocycles. The fourth-order valence-corrected chi connectivity index (χ4v) is 3.78. The van der Waals surface area contributed by atoms with E-state index in [4.69, 9.17) is 21.1 Å². The van der Waals surface area contributed by atoms with Gasteiger partial charge >= 0.3 is 0 Å². The minimum absolute atomic E-state index is 0.0213. The van der Waals surface area contributed by atoms with Crippen molar-refractivity contribution in [1.82, 2.24) is 14.9 Å². The minimum atomic E-state index is -0.668. The number of nitrogens with one attached hydrogen (secondary N) is 2. The van der Waals surface area contributed by atoms with Crippen LogP contribution < -0.4 is 15.4 Å². The predicted molar refractivity (Wildman–Crippen MR) is 127 cm³/mol. The third-order valence-electron chi connectivity index (χ3n) is 5.32. The first kappa shape index (κ1) is 24.1. The number of hydrogen-bond donors (Lipinski definition) is 3. The van der Waals surface area contributed by atoms with E-state index in [-0.39, 0.29) is 5.02 Å². The van der Waals surface area contributed by atoms with Crippen LogP contribution in [0.1, 0.15) is 6.42 Å². The lowest BCUT2D eigenvalue weighted by Gasteiger charge is -2.26. The van der Waals surface area contributed by atoms with Crippen molar-refractivity contribution in [3.63, 3.8) is 0 Å². The molecule has 0 radical (unpaired) electrons. The lowest BCUT2D eigenvalue weighted by atomic mass is 10.1. The van der Waals surface area contributed by atoms with Crippen LogP contribution >= 0.6 is 11.6 Å². The summed E-state index contributed by atoms with van der Waals surface area (Å²) in [5.74, 6) is -0.227. The first-order chi connectivity index (χ1) is 16.5. The summed E-state index contributed by atoms with van der Waals surface area (Å²) in [5.41, 5.74) is 1.50. The second kappa shape index (κ2) is 11.4. The molecule has 11 heteroatoms. The number of carbonyl (C=O) groups is 1. The first-order valence-corrected chi connectivity index (χ1v) is 11.3. The zero-order chi connectivity index (χ0) is 23.9. The Morgan fingerprint density at radius 2 is 2.06 bits per heavy atom. The zero-order valence-corrected chi connectivity index (χ0v) is 19.1. The molecule has 3 N–H and O–H groups in total. The number of nitrogens with zero attached hydrogens (tertiary/aromatic N) is 3. The Balaban J connectivity index is 1.55. The number of ether oxygens (including phenoxy) is 2. The molecule has 0 unspecified atom stereocenters. The molecule has 1 amide bonds. The summed E-state index contributed by atoms with van der Waals surface area (Å²) in [7, 11) is 0. The number of morpholine rings is 1. The number of rotatable bonds is 9. The van der Waals surface area contributed by atoms with Crippen molar-refractivity contribution >= 4 is 45.6 Å². The Morgan fingerprint density at radius 3 is 2.82 bits per heavy atom. The van der Waals surface area contributed by atoms with Gasteiger partial charge < -0.3 is 25.2 Å². The molecular formula is C23H25ClFN5O4. The highest BCUT2D eigenvalue weighted by atomic mass is 35.5. The van der Waals surface area contributed by atoms with E-state index in [1.54, 1.807) is 12.1 Å². The lowest BCUT2D eigenvalue weighted by Crippen LogP contribution is -2.37. The summed E-state index contributed by atoms with van der Waals surface area (Å²) in [6.45, 7) is 3.94. The standard InChI is InChI=1S/C23H25ClFN5O4/c24-17-10-15(2-3-18(17)25)28-23-16-11-20(29-22(32)13-31)21(12-19(16)26-14-27-23)34-7-1-4-30-5-8-33-9-6-30/h2-3,10-12,14,31H,1,4-9,13H2,(H,29,32)(H,26,27,28). The number of benzene rings is 2. The summed E-state index contributed by atoms with van der Waals surface area (Å²) >= 11 is 5.88. The van der Waals surface area contributed by atoms with Crippen molar-refractivity contribution in [2.45, 2.75) is 6.42 Å². The van der Waals surface area contributed by atoms with E-state index in [9.17, 15) is 14.3 Å². The number of anilines is 3. The van der Waals surface area contributed by atoms with E-state index in [0.29, 0.717) is 40.5 Å². The minimum Gasteiger partial charge on any atom is -0.491 e. The Labute approximate surface area is 200 Å². The van der Waals surface area contributed by atoms with Gasteiger partial charge in [0.2, 0.25) is 5.91 Å². The van der Waals surface area contributed by atoms with Gasteiger partial charge in [0.1, 0.15) is 30.3 Å². The largest absolute Gasteiger partial charge is 0.491 e. The number of aliphatic hydroxyl groups excluding tert-OH is 1. The molecule has 0 aliphatic carbocycles. The summed E-state index contributed by atoms with van der Waals surface area (Å²) in [6, 6.07) is 7.62. The van der Waals surface area contributed by atoms with Gasteiger partial charge in [-0.15, -0.1) is 0 Å². The molecule has 3 aromatic rings. The van der Waals surface area contributed by atoms with Gasteiger partial charge in [-0.25, -0.2) is 14.4 Å². The van der Waals surface area contributed by atoms with Crippen LogP contribution in [0, 0.1) is 5.82 Å². The molecule has 0 bridgehead atoms. The maximum absolute atomic E-state index is 13.5. The molecule has 1 aromatic heterocycles. The van der Waals surface area contributed by atoms with Crippen LogP contribution in [0.5, 0.6) is 5.75 Å². The van der Waals surface area contributed by atoms with Gasteiger partial charge in [0.05, 0.1) is 36.0 Å². The van der Waals surface area contributed by atoms with E-state index >= 15 is 0 Å². The van der Waals surface area contributed by atoms with Gasteiger partial charge in [-0.05, 0) is 30.7 Å². The first-order valence-electron chi connectivity index (χ1n) is 10.9. The number of fused-ring (bicyclic) bond motifs is 1. The Hall–Kier alpha value is -3.05. The second-order valence-electron chi connectivity index (χ2n) is 7.70. The molecule has 2 aromatic carbocycles. The number of aromatic nitrogens is 2. The number of halogens is 2. The van der Waals surface area contributed by atoms with E-state index in [0.717, 1.165) is 39.3 Å². The molecular weight excluding hydrogens is 465 g/mol. The van der Waals surface area contributed by atoms with Crippen LogP contribution in [-0.4, -0.2) is 71.9 Å². The third kappa shape index (κ3) is 6.09. The highest BCUT2D eigenvalue weighted by Gasteiger charge is 2.15. The van der Waals surface area contributed by atoms with Gasteiger partial charge in [0.25, 0.3) is 0 Å². The number of amides is 1. The predicted octanol–water partition coefficient (Wildman–Crippen LogP) is 3.20. The van der Waals surface area contributed by atoms with Crippen molar-refractivity contribution < 1.29 is 23.8 Å². The van der Waals surface area contributed by atoms with E-state index < -0.39 is 18.3 Å². The molecule has 9 nitrogen and oxygen atoms in total. The van der Waals surface area contributed by atoms with Crippen LogP contribution in [0.4, 0.5) is 21.6 Å². The molecule has 2 heterocycles. The molecule has 34 heavy (non-hydrogen) atoms. The maximum atomic E-state index is 13.5. The zero-order valence-electron chi connectivity index (χ0n) is 18.4. The quantitative estimate of drug-likeness (QED) is 0.393. The van der Waals surface area contributed by atoms with Crippen LogP contribution in [0.2, 0.25) is 5.02 Å². The summed E-state index contributed by atoms with van der Waals surface area (Å²) in [5, 5.41) is 15.5. The summed E-state index contributed by atoms with van der Waals surface area (Å²) in [4.78, 5) is 22.8. The van der Waals surface area contributed by atoms with Crippen LogP contribution in [-0.2, 0) is 9.53 Å². The monoisotopic (exact) mass is 489 g/mol. The average Bonchev–Trinajstić information content (AvgIpc) is 2.85. The lowest BCUT2D eigenvalue weighted by molar-refractivity contribution is -0.118. The van der Waals surface area contributed by atoms with E-state index in [1.807, 2.05) is 0 Å². The highest BCUT2D eigenvalue weighted by Crippen LogP contribution is 2.34. The van der Waals surface area contributed by atoms with Crippen molar-refractivity contribution in [1.29, 1.82) is 0 Å². The van der Waals surface area contributed by atoms with Gasteiger partial charge in [0.15, 0.2) is 0 Å². The van der Waals surface area contributed by atoms with E-state index in [1.165, 1.54) is 24.5 Å². The molecule has 180 valence electrons. The molecule has 1 fully saturated rings. The van der Waals surface area contributed by atoms with Crippen molar-refractivity contribution in [3.8, 4) is 5.75 Å². The smallest absolute Gasteiger partial charge is 0.250 e. The Kier molecular flexibility index (Phi) is 8.07. The molecule has 1 aliphatic rings. The van der Waals surface area contributed by atoms with Gasteiger partial charge in [-0.3, -0.25) is 9.69 Å². The van der Waals surface area contributed by atoms with Crippen molar-refractivity contribution in [2.75, 3.05) is 56.7 Å². The normalized spacial score (nSPS) is 14.2. The summed E-state index contributed by atoms with van der Waals surface area (Å²) < 4.78 is 24.8. The fraction of sp³-hybridized carbons (Fsp3) is 0.348. The summed E-state index contributed by atoms with van der Waals surface area (Å²) in [6.07, 6.45) is 2.19. The molecule has 4 rings (SSSR count). The van der Waals surface area contributed by atoms with Crippen molar-refractivity contribution in [3.05, 3.63) is 47.5 Å². The maximum Gasteiger partial charge on any atom is 0.250 e. The van der Waals surface area contributed by atoms with Gasteiger partial charge in [-0.2, -0.15) is 0 Å². The number of aliphatic hydroxyl groups is 1. The second-order valence-corrected chi connectivity index (χ2v) is 8.11. The Morgan fingerprint density at radius 1 is 1.24 bits per heavy atom. The van der Waals surface area contributed by atoms with Crippen LogP contribution in [0.3, 0.4) is 0 Å².